The first kappa shape index (κ1) is 34.1. The molecule has 0 radical (unpaired) electrons. The van der Waals surface area contributed by atoms with Crippen molar-refractivity contribution in [1.82, 2.24) is 9.66 Å². The van der Waals surface area contributed by atoms with Gasteiger partial charge in [0.2, 0.25) is 11.8 Å². The van der Waals surface area contributed by atoms with E-state index in [0.29, 0.717) is 17.1 Å². The molecule has 0 atom stereocenters. The number of rotatable bonds is 9. The summed E-state index contributed by atoms with van der Waals surface area (Å²) in [5, 5.41) is 23.6. The molecule has 0 bridgehead atoms. The maximum absolute atomic E-state index is 14.0. The summed E-state index contributed by atoms with van der Waals surface area (Å²) in [5.41, 5.74) is -0.916. The first-order valence-electron chi connectivity index (χ1n) is 14.5. The maximum Gasteiger partial charge on any atom is 0.280 e. The highest BCUT2D eigenvalue weighted by Gasteiger charge is 2.30. The van der Waals surface area contributed by atoms with E-state index in [-0.39, 0.29) is 22.1 Å². The van der Waals surface area contributed by atoms with Crippen molar-refractivity contribution in [1.29, 1.82) is 5.26 Å². The van der Waals surface area contributed by atoms with Gasteiger partial charge >= 0.3 is 0 Å². The smallest absolute Gasteiger partial charge is 0.280 e. The summed E-state index contributed by atoms with van der Waals surface area (Å²) in [6.07, 6.45) is 5.50. The average molecular weight is 584 g/mol. The van der Waals surface area contributed by atoms with Gasteiger partial charge in [-0.2, -0.15) is 9.94 Å². The topological polar surface area (TPSA) is 102 Å². The number of nitrogens with zero attached hydrogens (tertiary/aromatic N) is 5. The molecule has 2 aromatic rings. The molecular formula is C32H49N5O3S. The van der Waals surface area contributed by atoms with E-state index in [1.807, 2.05) is 6.07 Å². The first-order chi connectivity index (χ1) is 18.8. The van der Waals surface area contributed by atoms with Gasteiger partial charge in [-0.1, -0.05) is 86.7 Å². The van der Waals surface area contributed by atoms with Gasteiger partial charge in [0.1, 0.15) is 11.6 Å². The predicted molar refractivity (Wildman–Crippen MR) is 171 cm³/mol. The van der Waals surface area contributed by atoms with Gasteiger partial charge in [0.15, 0.2) is 5.13 Å². The fourth-order valence-electron chi connectivity index (χ4n) is 4.44. The van der Waals surface area contributed by atoms with E-state index in [0.717, 1.165) is 51.3 Å². The van der Waals surface area contributed by atoms with Crippen molar-refractivity contribution < 1.29 is 9.90 Å². The summed E-state index contributed by atoms with van der Waals surface area (Å²) in [4.78, 5) is 35.4. The lowest BCUT2D eigenvalue weighted by atomic mass is 9.91. The van der Waals surface area contributed by atoms with Crippen LogP contribution in [0.1, 0.15) is 105 Å². The second kappa shape index (κ2) is 13.2. The molecular weight excluding hydrogens is 534 g/mol. The van der Waals surface area contributed by atoms with Crippen LogP contribution >= 0.6 is 11.3 Å². The van der Waals surface area contributed by atoms with Gasteiger partial charge in [-0.15, -0.1) is 0 Å². The molecule has 0 saturated carbocycles. The van der Waals surface area contributed by atoms with Crippen molar-refractivity contribution in [2.24, 2.45) is 17.3 Å². The van der Waals surface area contributed by atoms with E-state index in [4.69, 9.17) is 4.98 Å². The molecule has 1 amide bonds. The highest BCUT2D eigenvalue weighted by molar-refractivity contribution is 7.16. The number of carbonyl (C=O) groups excluding carboxylic acids is 1. The molecule has 41 heavy (non-hydrogen) atoms. The van der Waals surface area contributed by atoms with Crippen LogP contribution in [0, 0.1) is 28.6 Å². The molecule has 0 aliphatic heterocycles. The van der Waals surface area contributed by atoms with Crippen LogP contribution in [0.4, 0.5) is 5.13 Å². The Hall–Kier alpha value is -3.12. The van der Waals surface area contributed by atoms with Crippen LogP contribution in [-0.4, -0.2) is 40.8 Å². The predicted octanol–water partition coefficient (Wildman–Crippen LogP) is 4.85. The van der Waals surface area contributed by atoms with Gasteiger partial charge < -0.3 is 10.0 Å². The third kappa shape index (κ3) is 8.00. The third-order valence-electron chi connectivity index (χ3n) is 6.89. The number of anilines is 1. The van der Waals surface area contributed by atoms with Gasteiger partial charge in [-0.3, -0.25) is 9.59 Å². The van der Waals surface area contributed by atoms with Crippen molar-refractivity contribution in [3.05, 3.63) is 36.9 Å². The maximum atomic E-state index is 14.0. The lowest BCUT2D eigenvalue weighted by Gasteiger charge is -2.28. The third-order valence-corrected chi connectivity index (χ3v) is 7.96. The van der Waals surface area contributed by atoms with Crippen molar-refractivity contribution in [3.63, 3.8) is 0 Å². The number of amides is 1. The number of pyridine rings is 1. The Morgan fingerprint density at radius 1 is 1.07 bits per heavy atom. The van der Waals surface area contributed by atoms with Crippen LogP contribution in [0.25, 0.3) is 12.2 Å². The highest BCUT2D eigenvalue weighted by Crippen LogP contribution is 2.35. The van der Waals surface area contributed by atoms with Crippen molar-refractivity contribution in [2.75, 3.05) is 30.0 Å². The normalized spacial score (nSPS) is 13.3. The quantitative estimate of drug-likeness (QED) is 0.453. The molecule has 2 heterocycles. The number of hydrogen-bond acceptors (Lipinski definition) is 7. The molecule has 0 fully saturated rings. The zero-order chi connectivity index (χ0) is 31.4. The Labute approximate surface area is 249 Å². The van der Waals surface area contributed by atoms with Crippen molar-refractivity contribution in [3.8, 4) is 11.9 Å². The Bertz CT molecular complexity index is 1450. The van der Waals surface area contributed by atoms with E-state index in [2.05, 4.69) is 53.4 Å². The second-order valence-corrected chi connectivity index (χ2v) is 14.6. The minimum atomic E-state index is -0.811. The van der Waals surface area contributed by atoms with E-state index < -0.39 is 16.9 Å². The van der Waals surface area contributed by atoms with Crippen LogP contribution < -0.4 is 25.9 Å². The molecule has 226 valence electrons. The van der Waals surface area contributed by atoms with E-state index >= 15 is 0 Å². The average Bonchev–Trinajstić information content (AvgIpc) is 3.28. The molecule has 1 N–H and O–H groups in total. The van der Waals surface area contributed by atoms with E-state index in [1.165, 1.54) is 18.4 Å². The highest BCUT2D eigenvalue weighted by atomic mass is 32.1. The summed E-state index contributed by atoms with van der Waals surface area (Å²) in [6, 6.07) is 2.04. The number of hydrogen-bond donors (Lipinski definition) is 1. The summed E-state index contributed by atoms with van der Waals surface area (Å²) in [7, 11) is 1.43. The molecule has 0 aliphatic rings. The summed E-state index contributed by atoms with van der Waals surface area (Å²) >= 11 is 1.53. The summed E-state index contributed by atoms with van der Waals surface area (Å²) in [5.74, 6) is 0.177. The molecule has 0 saturated heterocycles. The summed E-state index contributed by atoms with van der Waals surface area (Å²) < 4.78 is 0.904. The molecule has 9 heteroatoms. The van der Waals surface area contributed by atoms with Crippen molar-refractivity contribution in [2.45, 2.75) is 94.4 Å². The molecule has 0 aliphatic carbocycles. The van der Waals surface area contributed by atoms with Crippen LogP contribution in [0.2, 0.25) is 0 Å². The Kier molecular flexibility index (Phi) is 11.0. The Balaban J connectivity index is 2.95. The van der Waals surface area contributed by atoms with Crippen LogP contribution in [0.5, 0.6) is 5.88 Å². The minimum Gasteiger partial charge on any atom is -0.492 e. The monoisotopic (exact) mass is 583 g/mol. The first-order valence-corrected chi connectivity index (χ1v) is 15.3. The largest absolute Gasteiger partial charge is 0.492 e. The number of nitriles is 1. The molecule has 2 rings (SSSR count). The molecule has 0 unspecified atom stereocenters. The SMILES string of the molecule is C/C=c1\c(C#N)c(O)n(N(C)C(=O)C(C)(C)C)c(=O)\c1=C/c1sc(N(CCC(C)C)CCC(C)C)nc1C(C)(C)C. The Morgan fingerprint density at radius 3 is 2.02 bits per heavy atom. The molecule has 0 aromatic carbocycles. The fraction of sp³-hybridized carbons (Fsp3) is 0.625. The molecule has 0 spiro atoms. The molecule has 8 nitrogen and oxygen atoms in total. The van der Waals surface area contributed by atoms with Crippen LogP contribution in [0.3, 0.4) is 0 Å². The van der Waals surface area contributed by atoms with Crippen molar-refractivity contribution >= 4 is 34.5 Å². The summed E-state index contributed by atoms with van der Waals surface area (Å²) in [6.45, 7) is 23.9. The van der Waals surface area contributed by atoms with Gasteiger partial charge in [0, 0.05) is 36.2 Å². The van der Waals surface area contributed by atoms with Gasteiger partial charge in [0.05, 0.1) is 15.8 Å². The van der Waals surface area contributed by atoms with Crippen LogP contribution in [0.15, 0.2) is 4.79 Å². The second-order valence-electron chi connectivity index (χ2n) is 13.6. The van der Waals surface area contributed by atoms with Gasteiger partial charge in [0.25, 0.3) is 5.56 Å². The minimum absolute atomic E-state index is 0.0653. The van der Waals surface area contributed by atoms with E-state index in [1.54, 1.807) is 39.8 Å². The fourth-order valence-corrected chi connectivity index (χ4v) is 5.71. The zero-order valence-electron chi connectivity index (χ0n) is 27.0. The Morgan fingerprint density at radius 2 is 1.61 bits per heavy atom. The number of aromatic nitrogens is 2. The standard InChI is InChI=1S/C32H49N5O3S/c1-13-22-23(27(38)37(28(39)24(22)19-33)35(12)29(40)32(9,10)11)18-25-26(31(6,7)8)34-30(41-25)36(16-14-20(2)3)17-15-21(4)5/h13,18,20-21,39H,14-17H2,1-12H3/b22-13-,23-18-. The van der Waals surface area contributed by atoms with Gasteiger partial charge in [-0.25, -0.2) is 9.99 Å². The zero-order valence-corrected chi connectivity index (χ0v) is 27.9. The van der Waals surface area contributed by atoms with Gasteiger partial charge in [-0.05, 0) is 37.7 Å². The number of carbonyl (C=O) groups is 1. The van der Waals surface area contributed by atoms with Crippen LogP contribution in [-0.2, 0) is 10.2 Å². The lowest BCUT2D eigenvalue weighted by Crippen LogP contribution is -2.55. The molecule has 2 aromatic heterocycles. The lowest BCUT2D eigenvalue weighted by molar-refractivity contribution is -0.127. The number of thiazole rings is 1. The van der Waals surface area contributed by atoms with E-state index in [9.17, 15) is 20.0 Å². The number of aromatic hydroxyl groups is 1.